The van der Waals surface area contributed by atoms with Gasteiger partial charge in [-0.1, -0.05) is 0 Å². The second kappa shape index (κ2) is 8.30. The minimum atomic E-state index is -2.64. The lowest BCUT2D eigenvalue weighted by Gasteiger charge is -2.50. The van der Waals surface area contributed by atoms with E-state index in [-0.39, 0.29) is 35.8 Å². The van der Waals surface area contributed by atoms with Crippen LogP contribution in [0.1, 0.15) is 40.4 Å². The fourth-order valence-electron chi connectivity index (χ4n) is 6.94. The number of benzene rings is 1. The van der Waals surface area contributed by atoms with Crippen molar-refractivity contribution in [1.82, 2.24) is 10.2 Å². The zero-order chi connectivity index (χ0) is 27.1. The number of fused-ring (bicyclic) bond motifs is 5. The number of ketones is 2. The molecule has 4 aliphatic rings. The van der Waals surface area contributed by atoms with Gasteiger partial charge in [-0.25, -0.2) is 0 Å². The number of allylic oxidation sites excluding steroid dienone is 1. The summed E-state index contributed by atoms with van der Waals surface area (Å²) in [4.78, 5) is 42.9. The molecule has 11 heteroatoms. The number of hydrogen-bond acceptors (Lipinski definition) is 10. The number of aliphatic hydroxyl groups is 3. The topological polar surface area (TPSA) is 177 Å². The third kappa shape index (κ3) is 3.20. The number of phenolic OH excluding ortho intramolecular Hbond substituents is 1. The van der Waals surface area contributed by atoms with Crippen LogP contribution in [0.3, 0.4) is 0 Å². The Balaban J connectivity index is 1.73. The van der Waals surface area contributed by atoms with Gasteiger partial charge >= 0.3 is 0 Å². The number of phenols is 1. The van der Waals surface area contributed by atoms with Crippen molar-refractivity contribution in [2.24, 2.45) is 17.6 Å². The van der Waals surface area contributed by atoms with Crippen LogP contribution in [0.25, 0.3) is 0 Å². The van der Waals surface area contributed by atoms with Crippen LogP contribution in [0.4, 0.5) is 5.69 Å². The summed E-state index contributed by atoms with van der Waals surface area (Å²) in [6.07, 6.45) is 1.15. The van der Waals surface area contributed by atoms with E-state index in [9.17, 15) is 34.8 Å². The number of nitrogens with one attached hydrogen (secondary N) is 1. The van der Waals surface area contributed by atoms with Gasteiger partial charge in [0.15, 0.2) is 11.4 Å². The first-order valence-electron chi connectivity index (χ1n) is 12.3. The molecule has 5 atom stereocenters. The number of carbonyl (C=O) groups excluding carboxylic acids is 3. The van der Waals surface area contributed by atoms with E-state index in [1.54, 1.807) is 20.2 Å². The number of Topliss-reactive ketones (excluding diaryl/α,β-unsaturated/α-hetero) is 2. The van der Waals surface area contributed by atoms with E-state index in [0.29, 0.717) is 5.56 Å². The van der Waals surface area contributed by atoms with Crippen LogP contribution in [0.5, 0.6) is 5.75 Å². The molecule has 0 saturated carbocycles. The lowest BCUT2D eigenvalue weighted by Crippen LogP contribution is -2.63. The summed E-state index contributed by atoms with van der Waals surface area (Å²) in [7, 11) is 6.97. The molecule has 0 spiro atoms. The number of aliphatic hydroxyl groups excluding tert-OH is 2. The van der Waals surface area contributed by atoms with Crippen LogP contribution in [0.2, 0.25) is 0 Å². The molecule has 1 amide bonds. The van der Waals surface area contributed by atoms with Gasteiger partial charge < -0.3 is 36.4 Å². The van der Waals surface area contributed by atoms with Crippen LogP contribution in [0.15, 0.2) is 28.7 Å². The average molecular weight is 513 g/mol. The third-order valence-electron chi connectivity index (χ3n) is 8.58. The van der Waals surface area contributed by atoms with E-state index >= 15 is 0 Å². The highest BCUT2D eigenvalue weighted by Crippen LogP contribution is 2.54. The molecule has 1 aliphatic heterocycles. The Morgan fingerprint density at radius 2 is 1.92 bits per heavy atom. The third-order valence-corrected chi connectivity index (χ3v) is 8.58. The first-order chi connectivity index (χ1) is 17.4. The number of aromatic hydroxyl groups is 1. The van der Waals surface area contributed by atoms with Crippen molar-refractivity contribution < 1.29 is 34.8 Å². The second-order valence-electron chi connectivity index (χ2n) is 10.7. The molecule has 1 unspecified atom stereocenters. The van der Waals surface area contributed by atoms with Crippen LogP contribution in [0, 0.1) is 11.8 Å². The molecule has 7 N–H and O–H groups in total. The molecule has 3 aliphatic carbocycles. The van der Waals surface area contributed by atoms with Crippen LogP contribution in [-0.4, -0.2) is 89.2 Å². The van der Waals surface area contributed by atoms with E-state index < -0.39 is 58.0 Å². The van der Waals surface area contributed by atoms with Crippen molar-refractivity contribution >= 4 is 23.2 Å². The number of nitrogens with two attached hydrogens (primary N) is 1. The van der Waals surface area contributed by atoms with Crippen molar-refractivity contribution in [3.63, 3.8) is 0 Å². The van der Waals surface area contributed by atoms with Crippen molar-refractivity contribution in [1.29, 1.82) is 0 Å². The first-order valence-corrected chi connectivity index (χ1v) is 12.3. The number of anilines is 1. The minimum Gasteiger partial charge on any atom is -0.510 e. The normalized spacial score (nSPS) is 31.2. The summed E-state index contributed by atoms with van der Waals surface area (Å²) in [5.41, 5.74) is 4.15. The van der Waals surface area contributed by atoms with Gasteiger partial charge in [-0.2, -0.15) is 0 Å². The maximum atomic E-state index is 13.8. The van der Waals surface area contributed by atoms with E-state index in [1.165, 1.54) is 4.90 Å². The van der Waals surface area contributed by atoms with Gasteiger partial charge in [0, 0.05) is 36.8 Å². The Kier molecular flexibility index (Phi) is 5.67. The molecule has 0 saturated heterocycles. The Bertz CT molecular complexity index is 1320. The Morgan fingerprint density at radius 1 is 1.24 bits per heavy atom. The first kappa shape index (κ1) is 25.2. The van der Waals surface area contributed by atoms with Crippen molar-refractivity contribution in [3.8, 4) is 5.75 Å². The summed E-state index contributed by atoms with van der Waals surface area (Å²) in [6, 6.07) is 0.531. The summed E-state index contributed by atoms with van der Waals surface area (Å²) in [6.45, 7) is 0.733. The molecular formula is C26H32N4O7. The smallest absolute Gasteiger partial charge is 0.255 e. The second-order valence-corrected chi connectivity index (χ2v) is 10.7. The lowest BCUT2D eigenvalue weighted by molar-refractivity contribution is -0.148. The monoisotopic (exact) mass is 512 g/mol. The molecule has 0 bridgehead atoms. The van der Waals surface area contributed by atoms with Gasteiger partial charge in [-0.15, -0.1) is 0 Å². The zero-order valence-corrected chi connectivity index (χ0v) is 21.2. The standard InChI is InChI=1S/C26H32N4O7/c1-28-14-5-6-30(4)19-11(14)9-15(31)17-12(19)7-10-8-13-20(29(2)3)22(33)18(25(27)36)24(35)26(13,37)23(34)16(10)21(17)32/h9-10,13-14,20,28,31,33-34,37H,5-8H2,1-4H3,(H2,27,36)/t10-,13-,14?,20-,26+/m1/s1. The predicted molar refractivity (Wildman–Crippen MR) is 133 cm³/mol. The van der Waals surface area contributed by atoms with Crippen molar-refractivity contribution in [3.05, 3.63) is 45.4 Å². The molecule has 11 nitrogen and oxygen atoms in total. The van der Waals surface area contributed by atoms with Gasteiger partial charge in [-0.05, 0) is 63.5 Å². The number of likely N-dealkylation sites (N-methyl/N-ethyl adjacent to an activating group) is 1. The number of rotatable bonds is 3. The fraction of sp³-hybridized carbons (Fsp3) is 0.500. The van der Waals surface area contributed by atoms with Crippen molar-refractivity contribution in [2.45, 2.75) is 36.9 Å². The molecule has 0 aromatic heterocycles. The highest BCUT2D eigenvalue weighted by molar-refractivity contribution is 6.24. The number of primary amides is 1. The lowest BCUT2D eigenvalue weighted by atomic mass is 9.58. The van der Waals surface area contributed by atoms with Gasteiger partial charge in [-0.3, -0.25) is 19.3 Å². The van der Waals surface area contributed by atoms with Crippen LogP contribution >= 0.6 is 0 Å². The minimum absolute atomic E-state index is 0.0114. The van der Waals surface area contributed by atoms with Gasteiger partial charge in [0.2, 0.25) is 5.78 Å². The maximum Gasteiger partial charge on any atom is 0.255 e. The molecule has 37 heavy (non-hydrogen) atoms. The molecule has 1 aromatic carbocycles. The van der Waals surface area contributed by atoms with E-state index in [4.69, 9.17) is 5.73 Å². The Morgan fingerprint density at radius 3 is 2.51 bits per heavy atom. The number of nitrogens with zero attached hydrogens (tertiary/aromatic N) is 2. The predicted octanol–water partition coefficient (Wildman–Crippen LogP) is 0.221. The van der Waals surface area contributed by atoms with Gasteiger partial charge in [0.05, 0.1) is 11.6 Å². The molecule has 0 radical (unpaired) electrons. The summed E-state index contributed by atoms with van der Waals surface area (Å²) in [5.74, 6) is -6.48. The average Bonchev–Trinajstić information content (AvgIpc) is 2.81. The summed E-state index contributed by atoms with van der Waals surface area (Å²) in [5, 5.41) is 48.2. The SMILES string of the molecule is CNC1CCN(C)c2c1cc(O)c1c2C[C@@H]2C[C@@H]3[C@@H](N(C)C)C(O)=C(C(N)=O)C(=O)[C@@]3(O)C(O)=C2C1=O. The number of carbonyl (C=O) groups is 3. The fourth-order valence-corrected chi connectivity index (χ4v) is 6.94. The summed E-state index contributed by atoms with van der Waals surface area (Å²) >= 11 is 0. The quantitative estimate of drug-likeness (QED) is 0.307. The molecule has 198 valence electrons. The van der Waals surface area contributed by atoms with E-state index in [1.807, 2.05) is 19.0 Å². The molecule has 1 aromatic rings. The Hall–Kier alpha value is -3.41. The van der Waals surface area contributed by atoms with E-state index in [0.717, 1.165) is 24.2 Å². The number of amides is 1. The van der Waals surface area contributed by atoms with Crippen LogP contribution < -0.4 is 16.0 Å². The molecule has 0 fully saturated rings. The van der Waals surface area contributed by atoms with Crippen molar-refractivity contribution in [2.75, 3.05) is 39.6 Å². The highest BCUT2D eigenvalue weighted by Gasteiger charge is 2.63. The molecular weight excluding hydrogens is 480 g/mol. The van der Waals surface area contributed by atoms with Crippen LogP contribution in [-0.2, 0) is 16.0 Å². The molecule has 5 rings (SSSR count). The van der Waals surface area contributed by atoms with Gasteiger partial charge in [0.25, 0.3) is 5.91 Å². The molecule has 1 heterocycles. The highest BCUT2D eigenvalue weighted by atomic mass is 16.3. The summed E-state index contributed by atoms with van der Waals surface area (Å²) < 4.78 is 0. The number of hydrogen-bond donors (Lipinski definition) is 6. The Labute approximate surface area is 213 Å². The van der Waals surface area contributed by atoms with E-state index in [2.05, 4.69) is 5.32 Å². The van der Waals surface area contributed by atoms with Gasteiger partial charge in [0.1, 0.15) is 22.8 Å². The zero-order valence-electron chi connectivity index (χ0n) is 21.2. The maximum absolute atomic E-state index is 13.8. The largest absolute Gasteiger partial charge is 0.510 e.